The van der Waals surface area contributed by atoms with Crippen molar-refractivity contribution in [3.8, 4) is 0 Å². The summed E-state index contributed by atoms with van der Waals surface area (Å²) in [6, 6.07) is 0. The summed E-state index contributed by atoms with van der Waals surface area (Å²) in [5, 5.41) is 8.07. The molecule has 3 heteroatoms. The molecule has 0 amide bonds. The van der Waals surface area contributed by atoms with Gasteiger partial charge in [-0.1, -0.05) is 26.0 Å². The van der Waals surface area contributed by atoms with Gasteiger partial charge in [-0.05, 0) is 12.3 Å². The first kappa shape index (κ1) is 10.0. The standard InChI is InChI=1S/C8H14O3/c1-7(2)5-3-4-6-11-8(9)10/h3-4,7H,5-6H2,1-2H3,(H,9,10). The first-order valence-electron chi connectivity index (χ1n) is 3.63. The minimum Gasteiger partial charge on any atom is -0.450 e. The molecule has 0 aliphatic carbocycles. The van der Waals surface area contributed by atoms with E-state index in [9.17, 15) is 4.79 Å². The third-order valence-electron chi connectivity index (χ3n) is 1.08. The first-order valence-corrected chi connectivity index (χ1v) is 3.63. The molecule has 0 aliphatic rings. The summed E-state index contributed by atoms with van der Waals surface area (Å²) in [5.41, 5.74) is 0. The number of rotatable bonds is 4. The van der Waals surface area contributed by atoms with Gasteiger partial charge in [-0.25, -0.2) is 4.79 Å². The average Bonchev–Trinajstić information content (AvgIpc) is 1.85. The van der Waals surface area contributed by atoms with Crippen LogP contribution in [0.2, 0.25) is 0 Å². The second-order valence-electron chi connectivity index (χ2n) is 2.68. The molecule has 0 spiro atoms. The van der Waals surface area contributed by atoms with E-state index in [1.165, 1.54) is 0 Å². The molecule has 0 atom stereocenters. The van der Waals surface area contributed by atoms with Crippen LogP contribution in [0.15, 0.2) is 12.2 Å². The van der Waals surface area contributed by atoms with Crippen molar-refractivity contribution in [1.29, 1.82) is 0 Å². The van der Waals surface area contributed by atoms with Crippen LogP contribution in [0.4, 0.5) is 4.79 Å². The molecule has 0 saturated heterocycles. The van der Waals surface area contributed by atoms with E-state index in [0.29, 0.717) is 5.92 Å². The van der Waals surface area contributed by atoms with Crippen molar-refractivity contribution in [2.75, 3.05) is 6.61 Å². The van der Waals surface area contributed by atoms with Gasteiger partial charge in [0.05, 0.1) is 0 Å². The second kappa shape index (κ2) is 5.77. The van der Waals surface area contributed by atoms with Crippen molar-refractivity contribution < 1.29 is 14.6 Å². The number of carbonyl (C=O) groups is 1. The Hall–Kier alpha value is -0.990. The highest BCUT2D eigenvalue weighted by Gasteiger charge is 1.91. The molecule has 0 aromatic carbocycles. The van der Waals surface area contributed by atoms with E-state index in [4.69, 9.17) is 5.11 Å². The molecule has 0 aromatic heterocycles. The van der Waals surface area contributed by atoms with Crippen LogP contribution in [0, 0.1) is 5.92 Å². The molecule has 0 heterocycles. The predicted octanol–water partition coefficient (Wildman–Crippen LogP) is 2.28. The zero-order valence-corrected chi connectivity index (χ0v) is 6.91. The summed E-state index contributed by atoms with van der Waals surface area (Å²) in [5.74, 6) is 0.607. The summed E-state index contributed by atoms with van der Waals surface area (Å²) < 4.78 is 4.25. The van der Waals surface area contributed by atoms with E-state index in [1.807, 2.05) is 6.08 Å². The number of ether oxygens (including phenoxy) is 1. The minimum atomic E-state index is -1.22. The maximum atomic E-state index is 9.84. The lowest BCUT2D eigenvalue weighted by Gasteiger charge is -1.96. The topological polar surface area (TPSA) is 46.5 Å². The molecule has 1 N–H and O–H groups in total. The zero-order valence-electron chi connectivity index (χ0n) is 6.91. The van der Waals surface area contributed by atoms with Gasteiger partial charge in [0.15, 0.2) is 0 Å². The predicted molar refractivity (Wildman–Crippen MR) is 42.6 cm³/mol. The molecule has 3 nitrogen and oxygen atoms in total. The lowest BCUT2D eigenvalue weighted by molar-refractivity contribution is 0.102. The van der Waals surface area contributed by atoms with Crippen molar-refractivity contribution in [2.24, 2.45) is 5.92 Å². The van der Waals surface area contributed by atoms with Gasteiger partial charge in [0, 0.05) is 0 Å². The molecular formula is C8H14O3. The van der Waals surface area contributed by atoms with Crippen molar-refractivity contribution in [2.45, 2.75) is 20.3 Å². The summed E-state index contributed by atoms with van der Waals surface area (Å²) >= 11 is 0. The Morgan fingerprint density at radius 2 is 2.18 bits per heavy atom. The fourth-order valence-corrected chi connectivity index (χ4v) is 0.556. The Balaban J connectivity index is 3.23. The molecule has 0 aliphatic heterocycles. The Kier molecular flexibility index (Phi) is 5.25. The highest BCUT2D eigenvalue weighted by Crippen LogP contribution is 1.99. The number of allylic oxidation sites excluding steroid dienone is 1. The summed E-state index contributed by atoms with van der Waals surface area (Å²) in [4.78, 5) is 9.84. The van der Waals surface area contributed by atoms with Crippen molar-refractivity contribution in [3.63, 3.8) is 0 Å². The minimum absolute atomic E-state index is 0.155. The molecule has 11 heavy (non-hydrogen) atoms. The quantitative estimate of drug-likeness (QED) is 0.504. The van der Waals surface area contributed by atoms with E-state index < -0.39 is 6.16 Å². The van der Waals surface area contributed by atoms with Crippen molar-refractivity contribution >= 4 is 6.16 Å². The maximum Gasteiger partial charge on any atom is 0.506 e. The van der Waals surface area contributed by atoms with Gasteiger partial charge in [0.2, 0.25) is 0 Å². The number of carboxylic acid groups (broad SMARTS) is 1. The fraction of sp³-hybridized carbons (Fsp3) is 0.625. The molecule has 0 radical (unpaired) electrons. The lowest BCUT2D eigenvalue weighted by Crippen LogP contribution is -1.98. The summed E-state index contributed by atoms with van der Waals surface area (Å²) in [7, 11) is 0. The Morgan fingerprint density at radius 1 is 1.55 bits per heavy atom. The second-order valence-corrected chi connectivity index (χ2v) is 2.68. The van der Waals surface area contributed by atoms with E-state index in [1.54, 1.807) is 6.08 Å². The summed E-state index contributed by atoms with van der Waals surface area (Å²) in [6.45, 7) is 4.35. The van der Waals surface area contributed by atoms with Crippen molar-refractivity contribution in [1.82, 2.24) is 0 Å². The fourth-order valence-electron chi connectivity index (χ4n) is 0.556. The average molecular weight is 158 g/mol. The van der Waals surface area contributed by atoms with Crippen LogP contribution in [0.1, 0.15) is 20.3 Å². The van der Waals surface area contributed by atoms with E-state index in [-0.39, 0.29) is 6.61 Å². The van der Waals surface area contributed by atoms with Crippen LogP contribution >= 0.6 is 0 Å². The molecule has 0 bridgehead atoms. The molecule has 0 aromatic rings. The largest absolute Gasteiger partial charge is 0.506 e. The van der Waals surface area contributed by atoms with E-state index in [2.05, 4.69) is 18.6 Å². The lowest BCUT2D eigenvalue weighted by atomic mass is 10.1. The molecule has 0 rings (SSSR count). The Bertz CT molecular complexity index is 138. The van der Waals surface area contributed by atoms with Gasteiger partial charge in [0.25, 0.3) is 0 Å². The Morgan fingerprint density at radius 3 is 2.64 bits per heavy atom. The number of hydrogen-bond acceptors (Lipinski definition) is 2. The molecule has 0 unspecified atom stereocenters. The molecular weight excluding hydrogens is 144 g/mol. The normalized spacial score (nSPS) is 10.8. The third kappa shape index (κ3) is 9.01. The Labute approximate surface area is 66.7 Å². The van der Waals surface area contributed by atoms with Crippen LogP contribution in [-0.2, 0) is 4.74 Å². The first-order chi connectivity index (χ1) is 5.13. The van der Waals surface area contributed by atoms with Gasteiger partial charge < -0.3 is 9.84 Å². The van der Waals surface area contributed by atoms with Crippen LogP contribution in [0.5, 0.6) is 0 Å². The van der Waals surface area contributed by atoms with E-state index in [0.717, 1.165) is 6.42 Å². The van der Waals surface area contributed by atoms with Gasteiger partial charge in [-0.15, -0.1) is 0 Å². The van der Waals surface area contributed by atoms with E-state index >= 15 is 0 Å². The van der Waals surface area contributed by atoms with Crippen molar-refractivity contribution in [3.05, 3.63) is 12.2 Å². The molecule has 0 fully saturated rings. The van der Waals surface area contributed by atoms with Crippen LogP contribution < -0.4 is 0 Å². The zero-order chi connectivity index (χ0) is 8.69. The highest BCUT2D eigenvalue weighted by molar-refractivity contribution is 5.56. The summed E-state index contributed by atoms with van der Waals surface area (Å²) in [6.07, 6.45) is 3.38. The maximum absolute atomic E-state index is 9.84. The SMILES string of the molecule is CC(C)CC=CCOC(=O)O. The number of hydrogen-bond donors (Lipinski definition) is 1. The highest BCUT2D eigenvalue weighted by atomic mass is 16.7. The molecule has 0 saturated carbocycles. The van der Waals surface area contributed by atoms with Gasteiger partial charge in [0.1, 0.15) is 6.61 Å². The van der Waals surface area contributed by atoms with Gasteiger partial charge in [-0.3, -0.25) is 0 Å². The molecule has 64 valence electrons. The smallest absolute Gasteiger partial charge is 0.450 e. The third-order valence-corrected chi connectivity index (χ3v) is 1.08. The monoisotopic (exact) mass is 158 g/mol. The van der Waals surface area contributed by atoms with Gasteiger partial charge in [-0.2, -0.15) is 0 Å². The van der Waals surface area contributed by atoms with Crippen LogP contribution in [0.3, 0.4) is 0 Å². The van der Waals surface area contributed by atoms with Crippen LogP contribution in [-0.4, -0.2) is 17.9 Å². The van der Waals surface area contributed by atoms with Crippen LogP contribution in [0.25, 0.3) is 0 Å². The van der Waals surface area contributed by atoms with Gasteiger partial charge >= 0.3 is 6.16 Å².